The van der Waals surface area contributed by atoms with Crippen LogP contribution in [0, 0.1) is 20.8 Å². The lowest BCUT2D eigenvalue weighted by molar-refractivity contribution is 0.636. The molecule has 0 spiro atoms. The van der Waals surface area contributed by atoms with Crippen molar-refractivity contribution in [3.8, 4) is 0 Å². The van der Waals surface area contributed by atoms with Crippen LogP contribution in [-0.4, -0.2) is 8.65 Å². The molecule has 0 saturated heterocycles. The first-order valence-electron chi connectivity index (χ1n) is 7.44. The molecule has 1 aromatic heterocycles. The van der Waals surface area contributed by atoms with Gasteiger partial charge in [0.15, 0.2) is 0 Å². The predicted molar refractivity (Wildman–Crippen MR) is 90.0 cm³/mol. The van der Waals surface area contributed by atoms with Crippen molar-refractivity contribution in [1.82, 2.24) is 8.65 Å². The fourth-order valence-electron chi connectivity index (χ4n) is 2.70. The summed E-state index contributed by atoms with van der Waals surface area (Å²) in [6.45, 7) is 8.24. The Labute approximate surface area is 135 Å². The first-order valence-corrected chi connectivity index (χ1v) is 7.78. The van der Waals surface area contributed by atoms with Crippen molar-refractivity contribution < 1.29 is 0 Å². The number of hydrogen-bond donors (Lipinski definition) is 0. The minimum absolute atomic E-state index is 0.424. The molecule has 0 fully saturated rings. The first-order chi connectivity index (χ1) is 10.4. The van der Waals surface area contributed by atoms with Crippen molar-refractivity contribution in [2.24, 2.45) is 0 Å². The van der Waals surface area contributed by atoms with Gasteiger partial charge < -0.3 is 0 Å². The minimum Gasteiger partial charge on any atom is -0.292 e. The van der Waals surface area contributed by atoms with Gasteiger partial charge in [0, 0.05) is 23.0 Å². The summed E-state index contributed by atoms with van der Waals surface area (Å²) in [6, 6.07) is 6.13. The van der Waals surface area contributed by atoms with E-state index in [1.54, 1.807) is 11.5 Å². The normalized spacial score (nSPS) is 11.0. The van der Waals surface area contributed by atoms with Crippen LogP contribution in [0.2, 0.25) is 0 Å². The van der Waals surface area contributed by atoms with Crippen LogP contribution in [-0.2, 0) is 13.0 Å². The van der Waals surface area contributed by atoms with Crippen LogP contribution in [0.5, 0.6) is 0 Å². The summed E-state index contributed by atoms with van der Waals surface area (Å²) in [5.74, 6) is 0. The average Bonchev–Trinajstić information content (AvgIpc) is 2.48. The summed E-state index contributed by atoms with van der Waals surface area (Å²) < 4.78 is 2.29. The van der Waals surface area contributed by atoms with E-state index in [0.717, 1.165) is 23.2 Å². The fourth-order valence-corrected chi connectivity index (χ4v) is 2.92. The summed E-state index contributed by atoms with van der Waals surface area (Å²) in [6.07, 6.45) is 1.54. The number of aryl methyl sites for hydroxylation is 2. The van der Waals surface area contributed by atoms with Crippen molar-refractivity contribution in [2.75, 3.05) is 0 Å². The Kier molecular flexibility index (Phi) is 4.91. The molecule has 0 bridgehead atoms. The molecular weight excluding hydrogens is 300 g/mol. The molecule has 1 aromatic carbocycles. The molecule has 1 heterocycles. The van der Waals surface area contributed by atoms with Crippen LogP contribution in [0.1, 0.15) is 41.3 Å². The van der Waals surface area contributed by atoms with Gasteiger partial charge in [-0.15, -0.1) is 0 Å². The highest BCUT2D eigenvalue weighted by Crippen LogP contribution is 2.14. The molecule has 0 radical (unpaired) electrons. The van der Waals surface area contributed by atoms with E-state index in [1.165, 1.54) is 5.56 Å². The van der Waals surface area contributed by atoms with Gasteiger partial charge in [-0.2, -0.15) is 4.09 Å². The molecule has 0 aliphatic heterocycles. The monoisotopic (exact) mass is 320 g/mol. The van der Waals surface area contributed by atoms with E-state index in [2.05, 4.69) is 6.07 Å². The molecule has 0 N–H and O–H groups in total. The molecule has 0 unspecified atom stereocenters. The van der Waals surface area contributed by atoms with Crippen LogP contribution >= 0.6 is 11.8 Å². The molecule has 118 valence electrons. The molecule has 0 saturated carbocycles. The summed E-state index contributed by atoms with van der Waals surface area (Å²) >= 11 is 5.86. The Balaban J connectivity index is 2.63. The minimum atomic E-state index is -0.472. The van der Waals surface area contributed by atoms with E-state index in [0.29, 0.717) is 22.6 Å². The second-order valence-electron chi connectivity index (χ2n) is 5.71. The molecule has 0 aliphatic rings. The van der Waals surface area contributed by atoms with Gasteiger partial charge in [0.1, 0.15) is 0 Å². The molecule has 22 heavy (non-hydrogen) atoms. The largest absolute Gasteiger partial charge is 0.346 e. The Morgan fingerprint density at radius 3 is 2.41 bits per heavy atom. The molecule has 2 rings (SSSR count). The third kappa shape index (κ3) is 3.02. The van der Waals surface area contributed by atoms with Crippen molar-refractivity contribution in [1.29, 1.82) is 0 Å². The Morgan fingerprint density at radius 2 is 1.82 bits per heavy atom. The molecule has 0 amide bonds. The number of halogens is 1. The van der Waals surface area contributed by atoms with Gasteiger partial charge in [0.05, 0.1) is 6.54 Å². The zero-order chi connectivity index (χ0) is 16.4. The molecular formula is C17H21ClN2O2. The topological polar surface area (TPSA) is 44.0 Å². The van der Waals surface area contributed by atoms with Gasteiger partial charge in [-0.25, -0.2) is 4.79 Å². The molecule has 0 atom stereocenters. The average molecular weight is 321 g/mol. The number of hydrogen-bond acceptors (Lipinski definition) is 2. The number of benzene rings is 1. The number of rotatable bonds is 4. The highest BCUT2D eigenvalue weighted by Gasteiger charge is 2.15. The van der Waals surface area contributed by atoms with Crippen molar-refractivity contribution in [3.05, 3.63) is 67.0 Å². The number of aromatic nitrogens is 2. The zero-order valence-corrected chi connectivity index (χ0v) is 14.2. The second-order valence-corrected chi connectivity index (χ2v) is 6.04. The van der Waals surface area contributed by atoms with E-state index in [4.69, 9.17) is 11.8 Å². The maximum absolute atomic E-state index is 12.4. The van der Waals surface area contributed by atoms with Crippen LogP contribution in [0.4, 0.5) is 0 Å². The lowest BCUT2D eigenvalue weighted by atomic mass is 10.0. The van der Waals surface area contributed by atoms with Crippen LogP contribution < -0.4 is 11.2 Å². The van der Waals surface area contributed by atoms with Gasteiger partial charge in [-0.1, -0.05) is 37.1 Å². The molecule has 0 aliphatic carbocycles. The molecule has 4 nitrogen and oxygen atoms in total. The van der Waals surface area contributed by atoms with E-state index >= 15 is 0 Å². The standard InChI is InChI=1S/C17H21ClN2O2/c1-5-6-15-13(4)16(21)20(18)17(22)19(15)10-14-8-7-11(2)9-12(14)3/h7-9H,5-6,10H2,1-4H3. The predicted octanol–water partition coefficient (Wildman–Crippen LogP) is 2.94. The Morgan fingerprint density at radius 1 is 1.14 bits per heavy atom. The first kappa shape index (κ1) is 16.6. The van der Waals surface area contributed by atoms with Gasteiger partial charge in [0.25, 0.3) is 5.56 Å². The Bertz CT molecular complexity index is 819. The SMILES string of the molecule is CCCc1c(C)c(=O)n(Cl)c(=O)n1Cc1ccc(C)cc1C. The Hall–Kier alpha value is -1.81. The zero-order valence-electron chi connectivity index (χ0n) is 13.4. The van der Waals surface area contributed by atoms with Gasteiger partial charge >= 0.3 is 5.69 Å². The van der Waals surface area contributed by atoms with E-state index in [-0.39, 0.29) is 0 Å². The van der Waals surface area contributed by atoms with Crippen molar-refractivity contribution >= 4 is 11.8 Å². The van der Waals surface area contributed by atoms with Crippen molar-refractivity contribution in [2.45, 2.75) is 47.1 Å². The summed E-state index contributed by atoms with van der Waals surface area (Å²) in [5, 5.41) is 0. The van der Waals surface area contributed by atoms with E-state index in [9.17, 15) is 9.59 Å². The molecule has 5 heteroatoms. The maximum Gasteiger partial charge on any atom is 0.346 e. The fraction of sp³-hybridized carbons (Fsp3) is 0.412. The summed E-state index contributed by atoms with van der Waals surface area (Å²) in [7, 11) is 0. The van der Waals surface area contributed by atoms with E-state index in [1.807, 2.05) is 32.9 Å². The highest BCUT2D eigenvalue weighted by molar-refractivity contribution is 6.15. The highest BCUT2D eigenvalue weighted by atomic mass is 35.5. The van der Waals surface area contributed by atoms with Gasteiger partial charge in [-0.3, -0.25) is 9.36 Å². The van der Waals surface area contributed by atoms with Crippen molar-refractivity contribution in [3.63, 3.8) is 0 Å². The lowest BCUT2D eigenvalue weighted by Crippen LogP contribution is -2.39. The van der Waals surface area contributed by atoms with Crippen LogP contribution in [0.25, 0.3) is 0 Å². The third-order valence-electron chi connectivity index (χ3n) is 3.97. The lowest BCUT2D eigenvalue weighted by Gasteiger charge is -2.16. The summed E-state index contributed by atoms with van der Waals surface area (Å²) in [4.78, 5) is 24.4. The third-order valence-corrected chi connectivity index (χ3v) is 4.27. The van der Waals surface area contributed by atoms with Gasteiger partial charge in [-0.05, 0) is 38.3 Å². The smallest absolute Gasteiger partial charge is 0.292 e. The summed E-state index contributed by atoms with van der Waals surface area (Å²) in [5.41, 5.74) is 3.78. The van der Waals surface area contributed by atoms with Crippen LogP contribution in [0.3, 0.4) is 0 Å². The second kappa shape index (κ2) is 6.53. The quantitative estimate of drug-likeness (QED) is 0.869. The van der Waals surface area contributed by atoms with Gasteiger partial charge in [0.2, 0.25) is 0 Å². The number of nitrogens with zero attached hydrogens (tertiary/aromatic N) is 2. The van der Waals surface area contributed by atoms with E-state index < -0.39 is 11.2 Å². The maximum atomic E-state index is 12.4. The van der Waals surface area contributed by atoms with Crippen LogP contribution in [0.15, 0.2) is 27.8 Å². The molecule has 2 aromatic rings.